The maximum absolute atomic E-state index is 4.68. The van der Waals surface area contributed by atoms with Gasteiger partial charge in [-0.2, -0.15) is 0 Å². The molecule has 0 saturated carbocycles. The Kier molecular flexibility index (Phi) is 4.47. The van der Waals surface area contributed by atoms with E-state index in [1.807, 2.05) is 12.3 Å². The molecule has 3 aromatic rings. The van der Waals surface area contributed by atoms with Crippen LogP contribution in [0.1, 0.15) is 31.9 Å². The molecule has 1 heterocycles. The van der Waals surface area contributed by atoms with E-state index in [0.717, 1.165) is 25.0 Å². The van der Waals surface area contributed by atoms with E-state index in [2.05, 4.69) is 78.7 Å². The quantitative estimate of drug-likeness (QED) is 0.639. The normalized spacial score (nSPS) is 16.8. The fraction of sp³-hybridized carbons (Fsp3) is 0.208. The van der Waals surface area contributed by atoms with Gasteiger partial charge in [0.2, 0.25) is 0 Å². The van der Waals surface area contributed by atoms with E-state index < -0.39 is 0 Å². The summed E-state index contributed by atoms with van der Waals surface area (Å²) in [6, 6.07) is 19.5. The van der Waals surface area contributed by atoms with Crippen molar-refractivity contribution in [3.05, 3.63) is 89.1 Å². The van der Waals surface area contributed by atoms with Crippen LogP contribution in [0.5, 0.6) is 0 Å². The summed E-state index contributed by atoms with van der Waals surface area (Å²) in [4.78, 5) is 4.68. The second-order valence-corrected chi connectivity index (χ2v) is 6.67. The van der Waals surface area contributed by atoms with Gasteiger partial charge < -0.3 is 0 Å². The SMILES string of the molecule is CCC=CCC1CC=c2cc3ccccc3cc2=C1c1ccccn1. The molecule has 2 aromatic carbocycles. The highest BCUT2D eigenvalue weighted by Crippen LogP contribution is 2.28. The van der Waals surface area contributed by atoms with Crippen LogP contribution in [0.2, 0.25) is 0 Å². The number of hydrogen-bond donors (Lipinski definition) is 0. The van der Waals surface area contributed by atoms with E-state index in [0.29, 0.717) is 5.92 Å². The zero-order valence-electron chi connectivity index (χ0n) is 14.7. The van der Waals surface area contributed by atoms with Gasteiger partial charge in [-0.1, -0.05) is 55.5 Å². The molecule has 4 rings (SSSR count). The fourth-order valence-electron chi connectivity index (χ4n) is 3.78. The zero-order valence-corrected chi connectivity index (χ0v) is 14.7. The smallest absolute Gasteiger partial charge is 0.0670 e. The average Bonchev–Trinajstić information content (AvgIpc) is 2.67. The predicted molar refractivity (Wildman–Crippen MR) is 107 cm³/mol. The van der Waals surface area contributed by atoms with Crippen LogP contribution in [0.3, 0.4) is 0 Å². The Labute approximate surface area is 149 Å². The lowest BCUT2D eigenvalue weighted by Gasteiger charge is -2.21. The Bertz CT molecular complexity index is 1030. The second-order valence-electron chi connectivity index (χ2n) is 6.67. The average molecular weight is 325 g/mol. The number of allylic oxidation sites excluding steroid dienone is 2. The molecule has 0 saturated heterocycles. The largest absolute Gasteiger partial charge is 0.257 e. The number of pyridine rings is 1. The molecule has 1 aliphatic carbocycles. The van der Waals surface area contributed by atoms with Gasteiger partial charge in [0.25, 0.3) is 0 Å². The minimum absolute atomic E-state index is 0.492. The summed E-state index contributed by atoms with van der Waals surface area (Å²) < 4.78 is 0. The summed E-state index contributed by atoms with van der Waals surface area (Å²) >= 11 is 0. The highest BCUT2D eigenvalue weighted by atomic mass is 14.7. The number of aromatic nitrogens is 1. The molecular weight excluding hydrogens is 302 g/mol. The standard InChI is InChI=1S/C24H23N/c1-2-3-4-9-18-13-14-21-16-19-10-5-6-11-20(19)17-22(21)24(18)23-12-7-8-15-25-23/h3-8,10-12,14-18H,2,9,13H2,1H3. The van der Waals surface area contributed by atoms with Crippen LogP contribution in [0.4, 0.5) is 0 Å². The van der Waals surface area contributed by atoms with E-state index in [4.69, 9.17) is 0 Å². The molecule has 0 spiro atoms. The minimum atomic E-state index is 0.492. The fourth-order valence-corrected chi connectivity index (χ4v) is 3.78. The third-order valence-electron chi connectivity index (χ3n) is 5.00. The highest BCUT2D eigenvalue weighted by molar-refractivity contribution is 5.84. The molecule has 0 aliphatic heterocycles. The Morgan fingerprint density at radius 2 is 1.80 bits per heavy atom. The van der Waals surface area contributed by atoms with Crippen molar-refractivity contribution in [3.63, 3.8) is 0 Å². The van der Waals surface area contributed by atoms with E-state index in [-0.39, 0.29) is 0 Å². The van der Waals surface area contributed by atoms with Crippen LogP contribution in [-0.2, 0) is 0 Å². The van der Waals surface area contributed by atoms with Gasteiger partial charge in [0, 0.05) is 6.20 Å². The Balaban J connectivity index is 1.97. The maximum atomic E-state index is 4.68. The van der Waals surface area contributed by atoms with Crippen molar-refractivity contribution in [1.82, 2.24) is 4.98 Å². The number of hydrogen-bond acceptors (Lipinski definition) is 1. The monoisotopic (exact) mass is 325 g/mol. The van der Waals surface area contributed by atoms with Crippen LogP contribution in [0.25, 0.3) is 22.4 Å². The van der Waals surface area contributed by atoms with Crippen LogP contribution >= 0.6 is 0 Å². The number of benzene rings is 2. The van der Waals surface area contributed by atoms with Gasteiger partial charge in [0.05, 0.1) is 5.69 Å². The lowest BCUT2D eigenvalue weighted by atomic mass is 9.83. The van der Waals surface area contributed by atoms with Crippen molar-refractivity contribution < 1.29 is 0 Å². The van der Waals surface area contributed by atoms with Crippen molar-refractivity contribution in [1.29, 1.82) is 0 Å². The van der Waals surface area contributed by atoms with Crippen molar-refractivity contribution in [3.8, 4) is 0 Å². The predicted octanol–water partition coefficient (Wildman–Crippen LogP) is 4.59. The molecule has 0 fully saturated rings. The van der Waals surface area contributed by atoms with Crippen LogP contribution in [0, 0.1) is 5.92 Å². The molecule has 1 atom stereocenters. The zero-order chi connectivity index (χ0) is 17.1. The Morgan fingerprint density at radius 3 is 2.56 bits per heavy atom. The summed E-state index contributed by atoms with van der Waals surface area (Å²) in [5.74, 6) is 0.492. The lowest BCUT2D eigenvalue weighted by molar-refractivity contribution is 0.697. The topological polar surface area (TPSA) is 12.9 Å². The second kappa shape index (κ2) is 7.06. The Hall–Kier alpha value is -2.67. The molecule has 1 aromatic heterocycles. The molecule has 0 radical (unpaired) electrons. The summed E-state index contributed by atoms with van der Waals surface area (Å²) in [6.07, 6.45) is 12.1. The first-order valence-corrected chi connectivity index (χ1v) is 9.16. The highest BCUT2D eigenvalue weighted by Gasteiger charge is 2.19. The van der Waals surface area contributed by atoms with Gasteiger partial charge >= 0.3 is 0 Å². The third-order valence-corrected chi connectivity index (χ3v) is 5.00. The molecule has 1 aliphatic rings. The number of fused-ring (bicyclic) bond motifs is 2. The van der Waals surface area contributed by atoms with E-state index in [1.54, 1.807) is 0 Å². The first kappa shape index (κ1) is 15.8. The van der Waals surface area contributed by atoms with Crippen LogP contribution in [-0.4, -0.2) is 4.98 Å². The summed E-state index contributed by atoms with van der Waals surface area (Å²) in [6.45, 7) is 2.19. The summed E-state index contributed by atoms with van der Waals surface area (Å²) in [5.41, 5.74) is 2.51. The van der Waals surface area contributed by atoms with Crippen molar-refractivity contribution in [2.45, 2.75) is 26.2 Å². The molecule has 1 unspecified atom stereocenters. The van der Waals surface area contributed by atoms with Crippen LogP contribution in [0.15, 0.2) is 72.9 Å². The molecule has 0 N–H and O–H groups in total. The molecule has 25 heavy (non-hydrogen) atoms. The van der Waals surface area contributed by atoms with Crippen molar-refractivity contribution >= 4 is 22.4 Å². The Morgan fingerprint density at radius 1 is 1.00 bits per heavy atom. The third kappa shape index (κ3) is 3.15. The maximum Gasteiger partial charge on any atom is 0.0670 e. The minimum Gasteiger partial charge on any atom is -0.257 e. The van der Waals surface area contributed by atoms with Crippen molar-refractivity contribution in [2.75, 3.05) is 0 Å². The molecule has 0 bridgehead atoms. The lowest BCUT2D eigenvalue weighted by Crippen LogP contribution is -2.33. The molecule has 1 heteroatoms. The van der Waals surface area contributed by atoms with Crippen LogP contribution < -0.4 is 10.4 Å². The molecule has 124 valence electrons. The van der Waals surface area contributed by atoms with Gasteiger partial charge in [-0.05, 0) is 76.2 Å². The first-order valence-electron chi connectivity index (χ1n) is 9.16. The van der Waals surface area contributed by atoms with Gasteiger partial charge in [0.1, 0.15) is 0 Å². The first-order chi connectivity index (χ1) is 12.4. The van der Waals surface area contributed by atoms with Gasteiger partial charge in [-0.25, -0.2) is 0 Å². The van der Waals surface area contributed by atoms with Crippen molar-refractivity contribution in [2.24, 2.45) is 5.92 Å². The van der Waals surface area contributed by atoms with E-state index in [1.165, 1.54) is 26.8 Å². The van der Waals surface area contributed by atoms with Gasteiger partial charge in [-0.15, -0.1) is 0 Å². The van der Waals surface area contributed by atoms with Gasteiger partial charge in [-0.3, -0.25) is 4.98 Å². The number of nitrogens with zero attached hydrogens (tertiary/aromatic N) is 1. The summed E-state index contributed by atoms with van der Waals surface area (Å²) in [5, 5.41) is 5.30. The molecular formula is C24H23N. The van der Waals surface area contributed by atoms with E-state index >= 15 is 0 Å². The molecule has 0 amide bonds. The van der Waals surface area contributed by atoms with E-state index in [9.17, 15) is 0 Å². The summed E-state index contributed by atoms with van der Waals surface area (Å²) in [7, 11) is 0. The molecule has 1 nitrogen and oxygen atoms in total. The van der Waals surface area contributed by atoms with Gasteiger partial charge in [0.15, 0.2) is 0 Å². The number of rotatable bonds is 4.